The molecule has 0 fully saturated rings. The SMILES string of the molecule is CCCc1ccc(Oc2c(C(F)(F)F)oc3c(C[NH+](CCC)CCC)c(OC(=O)c4ccc(OC)cc4)ccc3c2=O)cc1. The Bertz CT molecular complexity index is 1620. The number of rotatable bonds is 13. The highest BCUT2D eigenvalue weighted by atomic mass is 19.4. The van der Waals surface area contributed by atoms with Crippen molar-refractivity contribution >= 4 is 16.9 Å². The van der Waals surface area contributed by atoms with Gasteiger partial charge in [0.25, 0.3) is 5.76 Å². The number of alkyl halides is 3. The van der Waals surface area contributed by atoms with Crippen LogP contribution in [0.4, 0.5) is 13.2 Å². The van der Waals surface area contributed by atoms with Gasteiger partial charge in [0.1, 0.15) is 23.8 Å². The van der Waals surface area contributed by atoms with Gasteiger partial charge in [-0.2, -0.15) is 13.2 Å². The van der Waals surface area contributed by atoms with Gasteiger partial charge in [0.15, 0.2) is 5.58 Å². The second kappa shape index (κ2) is 14.4. The minimum atomic E-state index is -5.04. The Hall–Kier alpha value is -4.31. The average Bonchev–Trinajstić information content (AvgIpc) is 3.00. The standard InChI is InChI=1S/C34H36F3NO6/c1-5-8-22-9-13-25(14-10-22)42-31-29(39)26-17-18-28(43-33(40)23-11-15-24(41-4)16-12-23)27(21-38(19-6-2)20-7-3)30(26)44-32(31)34(35,36)37/h9-18H,5-8,19-21H2,1-4H3/p+1. The van der Waals surface area contributed by atoms with Crippen molar-refractivity contribution in [2.75, 3.05) is 20.2 Å². The predicted molar refractivity (Wildman–Crippen MR) is 161 cm³/mol. The predicted octanol–water partition coefficient (Wildman–Crippen LogP) is 6.99. The third kappa shape index (κ3) is 7.60. The molecule has 234 valence electrons. The van der Waals surface area contributed by atoms with Gasteiger partial charge >= 0.3 is 12.1 Å². The summed E-state index contributed by atoms with van der Waals surface area (Å²) in [5.74, 6) is -2.59. The van der Waals surface area contributed by atoms with Crippen molar-refractivity contribution in [1.82, 2.24) is 0 Å². The number of quaternary nitrogens is 1. The van der Waals surface area contributed by atoms with Crippen LogP contribution in [0.3, 0.4) is 0 Å². The van der Waals surface area contributed by atoms with Crippen LogP contribution in [0.25, 0.3) is 11.0 Å². The van der Waals surface area contributed by atoms with Gasteiger partial charge in [0, 0.05) is 0 Å². The normalized spacial score (nSPS) is 11.6. The zero-order chi connectivity index (χ0) is 31.9. The average molecular weight is 613 g/mol. The summed E-state index contributed by atoms with van der Waals surface area (Å²) in [7, 11) is 1.50. The lowest BCUT2D eigenvalue weighted by atomic mass is 10.1. The Morgan fingerprint density at radius 1 is 0.864 bits per heavy atom. The number of hydrogen-bond acceptors (Lipinski definition) is 6. The van der Waals surface area contributed by atoms with E-state index in [9.17, 15) is 22.8 Å². The maximum absolute atomic E-state index is 14.4. The molecule has 0 saturated heterocycles. The van der Waals surface area contributed by atoms with Crippen LogP contribution in [0.15, 0.2) is 69.9 Å². The fourth-order valence-corrected chi connectivity index (χ4v) is 5.10. The highest BCUT2D eigenvalue weighted by Gasteiger charge is 2.41. The van der Waals surface area contributed by atoms with Crippen LogP contribution in [0.2, 0.25) is 0 Å². The van der Waals surface area contributed by atoms with Crippen molar-refractivity contribution < 1.29 is 41.5 Å². The van der Waals surface area contributed by atoms with E-state index >= 15 is 0 Å². The molecule has 44 heavy (non-hydrogen) atoms. The second-order valence-electron chi connectivity index (χ2n) is 10.5. The highest BCUT2D eigenvalue weighted by Crippen LogP contribution is 2.40. The molecule has 7 nitrogen and oxygen atoms in total. The quantitative estimate of drug-likeness (QED) is 0.130. The molecular weight excluding hydrogens is 575 g/mol. The third-order valence-corrected chi connectivity index (χ3v) is 7.18. The van der Waals surface area contributed by atoms with Crippen LogP contribution >= 0.6 is 0 Å². The summed E-state index contributed by atoms with van der Waals surface area (Å²) in [6.45, 7) is 7.62. The van der Waals surface area contributed by atoms with E-state index in [1.807, 2.05) is 20.8 Å². The smallest absolute Gasteiger partial charge is 0.453 e. The van der Waals surface area contributed by atoms with Gasteiger partial charge in [-0.25, -0.2) is 4.79 Å². The van der Waals surface area contributed by atoms with Crippen LogP contribution in [-0.2, 0) is 19.1 Å². The summed E-state index contributed by atoms with van der Waals surface area (Å²) in [6.07, 6.45) is -1.71. The Kier molecular flexibility index (Phi) is 10.7. The number of carbonyl (C=O) groups excluding carboxylic acids is 1. The number of fused-ring (bicyclic) bond motifs is 1. The van der Waals surface area contributed by atoms with Crippen molar-refractivity contribution in [2.45, 2.75) is 59.2 Å². The summed E-state index contributed by atoms with van der Waals surface area (Å²) in [6, 6.07) is 15.5. The van der Waals surface area contributed by atoms with Crippen molar-refractivity contribution in [3.63, 3.8) is 0 Å². The molecule has 0 spiro atoms. The molecule has 0 saturated carbocycles. The van der Waals surface area contributed by atoms with Gasteiger partial charge in [-0.3, -0.25) is 4.79 Å². The number of nitrogens with one attached hydrogen (secondary N) is 1. The topological polar surface area (TPSA) is 79.4 Å². The molecule has 1 heterocycles. The number of carbonyl (C=O) groups is 1. The summed E-state index contributed by atoms with van der Waals surface area (Å²) in [5.41, 5.74) is 0.137. The molecule has 0 unspecified atom stereocenters. The summed E-state index contributed by atoms with van der Waals surface area (Å²) >= 11 is 0. The van der Waals surface area contributed by atoms with E-state index in [4.69, 9.17) is 18.6 Å². The third-order valence-electron chi connectivity index (χ3n) is 7.18. The Labute approximate surface area is 254 Å². The summed E-state index contributed by atoms with van der Waals surface area (Å²) < 4.78 is 65.3. The number of methoxy groups -OCH3 is 1. The van der Waals surface area contributed by atoms with Gasteiger partial charge in [0.2, 0.25) is 11.2 Å². The molecule has 0 aliphatic heterocycles. The molecule has 0 bridgehead atoms. The van der Waals surface area contributed by atoms with Gasteiger partial charge in [-0.15, -0.1) is 0 Å². The van der Waals surface area contributed by atoms with E-state index in [2.05, 4.69) is 0 Å². The monoisotopic (exact) mass is 612 g/mol. The van der Waals surface area contributed by atoms with Crippen molar-refractivity contribution in [3.05, 3.63) is 93.3 Å². The molecule has 1 aromatic heterocycles. The maximum atomic E-state index is 14.4. The van der Waals surface area contributed by atoms with Gasteiger partial charge in [0.05, 0.1) is 36.7 Å². The lowest BCUT2D eigenvalue weighted by molar-refractivity contribution is -0.913. The molecule has 0 amide bonds. The first-order chi connectivity index (χ1) is 21.1. The first kappa shape index (κ1) is 32.6. The highest BCUT2D eigenvalue weighted by molar-refractivity contribution is 5.92. The van der Waals surface area contributed by atoms with Gasteiger partial charge < -0.3 is 23.5 Å². The molecule has 0 aliphatic carbocycles. The minimum absolute atomic E-state index is 0.0134. The zero-order valence-corrected chi connectivity index (χ0v) is 25.3. The Morgan fingerprint density at radius 3 is 2.07 bits per heavy atom. The summed E-state index contributed by atoms with van der Waals surface area (Å²) in [4.78, 5) is 27.8. The number of aryl methyl sites for hydroxylation is 1. The number of benzene rings is 3. The van der Waals surface area contributed by atoms with Crippen LogP contribution in [0, 0.1) is 0 Å². The molecule has 3 aromatic carbocycles. The van der Waals surface area contributed by atoms with Crippen LogP contribution in [-0.4, -0.2) is 26.2 Å². The lowest BCUT2D eigenvalue weighted by Crippen LogP contribution is -3.10. The van der Waals surface area contributed by atoms with Crippen molar-refractivity contribution in [3.8, 4) is 23.0 Å². The number of hydrogen-bond donors (Lipinski definition) is 1. The van der Waals surface area contributed by atoms with E-state index in [1.54, 1.807) is 24.3 Å². The molecule has 0 aliphatic rings. The van der Waals surface area contributed by atoms with Gasteiger partial charge in [-0.1, -0.05) is 39.3 Å². The van der Waals surface area contributed by atoms with E-state index in [1.165, 1.54) is 43.5 Å². The first-order valence-corrected chi connectivity index (χ1v) is 14.8. The van der Waals surface area contributed by atoms with E-state index < -0.39 is 29.1 Å². The van der Waals surface area contributed by atoms with Gasteiger partial charge in [-0.05, 0) is 73.4 Å². The second-order valence-corrected chi connectivity index (χ2v) is 10.5. The Balaban J connectivity index is 1.86. The largest absolute Gasteiger partial charge is 0.497 e. The molecule has 10 heteroatoms. The molecule has 0 atom stereocenters. The minimum Gasteiger partial charge on any atom is -0.497 e. The van der Waals surface area contributed by atoms with E-state index in [0.29, 0.717) is 18.8 Å². The maximum Gasteiger partial charge on any atom is 0.453 e. The van der Waals surface area contributed by atoms with Crippen molar-refractivity contribution in [2.24, 2.45) is 0 Å². The molecule has 4 rings (SSSR count). The molecule has 1 N–H and O–H groups in total. The van der Waals surface area contributed by atoms with Crippen molar-refractivity contribution in [1.29, 1.82) is 0 Å². The van der Waals surface area contributed by atoms with E-state index in [-0.39, 0.29) is 40.1 Å². The first-order valence-electron chi connectivity index (χ1n) is 14.8. The van der Waals surface area contributed by atoms with Crippen LogP contribution in [0.1, 0.15) is 67.3 Å². The number of halogens is 3. The van der Waals surface area contributed by atoms with Crippen LogP contribution in [0.5, 0.6) is 23.0 Å². The molecule has 0 radical (unpaired) electrons. The lowest BCUT2D eigenvalue weighted by Gasteiger charge is -2.21. The number of esters is 1. The number of ether oxygens (including phenoxy) is 3. The van der Waals surface area contributed by atoms with E-state index in [0.717, 1.165) is 36.1 Å². The van der Waals surface area contributed by atoms with Crippen LogP contribution < -0.4 is 24.5 Å². The fraction of sp³-hybridized carbons (Fsp3) is 0.353. The summed E-state index contributed by atoms with van der Waals surface area (Å²) in [5, 5.41) is -0.109. The molecule has 4 aromatic rings. The fourth-order valence-electron chi connectivity index (χ4n) is 5.10. The molecular formula is C34H37F3NO6+. The Morgan fingerprint density at radius 2 is 1.50 bits per heavy atom. The zero-order valence-electron chi connectivity index (χ0n) is 25.3.